The van der Waals surface area contributed by atoms with Gasteiger partial charge in [0.1, 0.15) is 12.2 Å². The highest BCUT2D eigenvalue weighted by atomic mass is 16.5. The first kappa shape index (κ1) is 18.5. The number of rotatable bonds is 8. The lowest BCUT2D eigenvalue weighted by molar-refractivity contribution is -0.126. The number of morpholine rings is 1. The number of amides is 1. The van der Waals surface area contributed by atoms with Gasteiger partial charge in [0, 0.05) is 39.1 Å². The molecular weight excluding hydrogens is 330 g/mol. The van der Waals surface area contributed by atoms with E-state index in [1.165, 1.54) is 5.56 Å². The maximum atomic E-state index is 12.2. The predicted octanol–water partition coefficient (Wildman–Crippen LogP) is 1.25. The van der Waals surface area contributed by atoms with Gasteiger partial charge in [0.2, 0.25) is 5.91 Å². The minimum atomic E-state index is -0.0493. The van der Waals surface area contributed by atoms with Gasteiger partial charge in [-0.2, -0.15) is 0 Å². The Morgan fingerprint density at radius 1 is 1.35 bits per heavy atom. The summed E-state index contributed by atoms with van der Waals surface area (Å²) < 4.78 is 7.76. The van der Waals surface area contributed by atoms with Crippen LogP contribution in [-0.4, -0.2) is 57.9 Å². The van der Waals surface area contributed by atoms with Crippen LogP contribution in [0.15, 0.2) is 36.7 Å². The molecule has 0 bridgehead atoms. The van der Waals surface area contributed by atoms with Gasteiger partial charge in [0.25, 0.3) is 0 Å². The largest absolute Gasteiger partial charge is 0.375 e. The molecule has 1 aromatic carbocycles. The number of ether oxygens (including phenoxy) is 1. The third-order valence-electron chi connectivity index (χ3n) is 4.59. The maximum absolute atomic E-state index is 12.2. The van der Waals surface area contributed by atoms with E-state index in [0.29, 0.717) is 26.0 Å². The Kier molecular flexibility index (Phi) is 6.74. The minimum absolute atomic E-state index is 0.0270. The van der Waals surface area contributed by atoms with Gasteiger partial charge < -0.3 is 14.6 Å². The third kappa shape index (κ3) is 5.37. The second kappa shape index (κ2) is 9.45. The Morgan fingerprint density at radius 3 is 3.00 bits per heavy atom. The number of nitrogens with one attached hydrogen (secondary N) is 1. The van der Waals surface area contributed by atoms with Crippen LogP contribution in [0.4, 0.5) is 0 Å². The van der Waals surface area contributed by atoms with Crippen molar-refractivity contribution in [3.63, 3.8) is 0 Å². The van der Waals surface area contributed by atoms with Gasteiger partial charge in [-0.05, 0) is 12.5 Å². The summed E-state index contributed by atoms with van der Waals surface area (Å²) in [6, 6.07) is 10.4. The number of benzene rings is 1. The molecule has 1 aliphatic rings. The standard InChI is InChI=1S/C19H27N5O2/c1-2-24-15-21-22-18(24)8-9-20-19(25)12-17-14-23(10-11-26-17)13-16-6-4-3-5-7-16/h3-7,15,17H,2,8-14H2,1H3,(H,20,25)/t17-/m0/s1. The predicted molar refractivity (Wildman–Crippen MR) is 98.5 cm³/mol. The molecule has 26 heavy (non-hydrogen) atoms. The zero-order valence-electron chi connectivity index (χ0n) is 15.3. The van der Waals surface area contributed by atoms with Crippen LogP contribution in [0.1, 0.15) is 24.7 Å². The molecule has 140 valence electrons. The van der Waals surface area contributed by atoms with Gasteiger partial charge in [-0.15, -0.1) is 10.2 Å². The van der Waals surface area contributed by atoms with Crippen molar-refractivity contribution in [2.24, 2.45) is 0 Å². The zero-order chi connectivity index (χ0) is 18.2. The Balaban J connectivity index is 1.39. The molecule has 1 aromatic heterocycles. The van der Waals surface area contributed by atoms with E-state index < -0.39 is 0 Å². The van der Waals surface area contributed by atoms with Gasteiger partial charge in [-0.25, -0.2) is 0 Å². The molecule has 1 saturated heterocycles. The second-order valence-electron chi connectivity index (χ2n) is 6.55. The summed E-state index contributed by atoms with van der Waals surface area (Å²) in [5, 5.41) is 10.9. The average Bonchev–Trinajstić information content (AvgIpc) is 3.10. The van der Waals surface area contributed by atoms with E-state index >= 15 is 0 Å². The van der Waals surface area contributed by atoms with Gasteiger partial charge in [-0.3, -0.25) is 9.69 Å². The number of aromatic nitrogens is 3. The molecule has 2 aromatic rings. The van der Waals surface area contributed by atoms with Crippen LogP contribution < -0.4 is 5.32 Å². The van der Waals surface area contributed by atoms with E-state index in [4.69, 9.17) is 4.74 Å². The molecule has 0 spiro atoms. The molecule has 7 nitrogen and oxygen atoms in total. The highest BCUT2D eigenvalue weighted by Gasteiger charge is 2.22. The van der Waals surface area contributed by atoms with Crippen molar-refractivity contribution in [1.29, 1.82) is 0 Å². The second-order valence-corrected chi connectivity index (χ2v) is 6.55. The van der Waals surface area contributed by atoms with Crippen LogP contribution in [0.2, 0.25) is 0 Å². The first-order chi connectivity index (χ1) is 12.7. The Morgan fingerprint density at radius 2 is 2.19 bits per heavy atom. The van der Waals surface area contributed by atoms with Crippen molar-refractivity contribution >= 4 is 5.91 Å². The van der Waals surface area contributed by atoms with Crippen LogP contribution in [0.5, 0.6) is 0 Å². The molecule has 2 heterocycles. The number of aryl methyl sites for hydroxylation is 1. The molecule has 7 heteroatoms. The van der Waals surface area contributed by atoms with Gasteiger partial charge in [-0.1, -0.05) is 30.3 Å². The normalized spacial score (nSPS) is 18.0. The molecule has 1 amide bonds. The lowest BCUT2D eigenvalue weighted by Crippen LogP contribution is -2.44. The zero-order valence-corrected chi connectivity index (χ0v) is 15.3. The summed E-state index contributed by atoms with van der Waals surface area (Å²) in [5.41, 5.74) is 1.29. The molecule has 0 aliphatic carbocycles. The van der Waals surface area contributed by atoms with E-state index in [2.05, 4.69) is 44.7 Å². The molecule has 0 radical (unpaired) electrons. The van der Waals surface area contributed by atoms with Crippen molar-refractivity contribution in [3.05, 3.63) is 48.0 Å². The highest BCUT2D eigenvalue weighted by molar-refractivity contribution is 5.76. The van der Waals surface area contributed by atoms with Gasteiger partial charge >= 0.3 is 0 Å². The van der Waals surface area contributed by atoms with Crippen LogP contribution in [0.3, 0.4) is 0 Å². The lowest BCUT2D eigenvalue weighted by Gasteiger charge is -2.32. The highest BCUT2D eigenvalue weighted by Crippen LogP contribution is 2.12. The van der Waals surface area contributed by atoms with Crippen LogP contribution in [0.25, 0.3) is 0 Å². The average molecular weight is 357 g/mol. The molecule has 1 fully saturated rings. The third-order valence-corrected chi connectivity index (χ3v) is 4.59. The smallest absolute Gasteiger partial charge is 0.222 e. The summed E-state index contributed by atoms with van der Waals surface area (Å²) in [5.74, 6) is 0.926. The van der Waals surface area contributed by atoms with E-state index in [1.807, 2.05) is 17.6 Å². The van der Waals surface area contributed by atoms with E-state index in [9.17, 15) is 4.79 Å². The van der Waals surface area contributed by atoms with Crippen LogP contribution in [-0.2, 0) is 29.0 Å². The molecule has 1 aliphatic heterocycles. The summed E-state index contributed by atoms with van der Waals surface area (Å²) in [4.78, 5) is 14.6. The molecular formula is C19H27N5O2. The minimum Gasteiger partial charge on any atom is -0.375 e. The monoisotopic (exact) mass is 357 g/mol. The van der Waals surface area contributed by atoms with Gasteiger partial charge in [0.15, 0.2) is 0 Å². The van der Waals surface area contributed by atoms with Crippen molar-refractivity contribution < 1.29 is 9.53 Å². The fourth-order valence-electron chi connectivity index (χ4n) is 3.22. The Hall–Kier alpha value is -2.25. The fourth-order valence-corrected chi connectivity index (χ4v) is 3.22. The van der Waals surface area contributed by atoms with Crippen molar-refractivity contribution in [3.8, 4) is 0 Å². The van der Waals surface area contributed by atoms with Crippen molar-refractivity contribution in [2.45, 2.75) is 39.0 Å². The number of carbonyl (C=O) groups is 1. The van der Waals surface area contributed by atoms with Gasteiger partial charge in [0.05, 0.1) is 19.1 Å². The summed E-state index contributed by atoms with van der Waals surface area (Å²) >= 11 is 0. The first-order valence-corrected chi connectivity index (χ1v) is 9.26. The van der Waals surface area contributed by atoms with Crippen LogP contribution >= 0.6 is 0 Å². The number of hydrogen-bond acceptors (Lipinski definition) is 5. The van der Waals surface area contributed by atoms with E-state index in [1.54, 1.807) is 6.33 Å². The SMILES string of the molecule is CCn1cnnc1CCNC(=O)C[C@H]1CN(Cc2ccccc2)CCO1. The fraction of sp³-hybridized carbons (Fsp3) is 0.526. The van der Waals surface area contributed by atoms with Crippen molar-refractivity contribution in [1.82, 2.24) is 25.0 Å². The van der Waals surface area contributed by atoms with Crippen molar-refractivity contribution in [2.75, 3.05) is 26.2 Å². The summed E-state index contributed by atoms with van der Waals surface area (Å²) in [6.07, 6.45) is 2.75. The first-order valence-electron chi connectivity index (χ1n) is 9.26. The lowest BCUT2D eigenvalue weighted by atomic mass is 10.1. The quantitative estimate of drug-likeness (QED) is 0.770. The van der Waals surface area contributed by atoms with Crippen LogP contribution in [0, 0.1) is 0 Å². The summed E-state index contributed by atoms with van der Waals surface area (Å²) in [6.45, 7) is 6.71. The number of carbonyl (C=O) groups excluding carboxylic acids is 1. The molecule has 1 N–H and O–H groups in total. The number of nitrogens with zero attached hydrogens (tertiary/aromatic N) is 4. The maximum Gasteiger partial charge on any atom is 0.222 e. The van der Waals surface area contributed by atoms with E-state index in [-0.39, 0.29) is 12.0 Å². The topological polar surface area (TPSA) is 72.3 Å². The molecule has 0 unspecified atom stereocenters. The van der Waals surface area contributed by atoms with E-state index in [0.717, 1.165) is 32.0 Å². The molecule has 3 rings (SSSR count). The molecule has 1 atom stereocenters. The Labute approximate surface area is 154 Å². The Bertz CT molecular complexity index is 688. The molecule has 0 saturated carbocycles. The number of hydrogen-bond donors (Lipinski definition) is 1. The summed E-state index contributed by atoms with van der Waals surface area (Å²) in [7, 11) is 0.